The Kier molecular flexibility index (Phi) is 4.92. The van der Waals surface area contributed by atoms with E-state index < -0.39 is 16.0 Å². The Labute approximate surface area is 134 Å². The van der Waals surface area contributed by atoms with Crippen LogP contribution in [0, 0.1) is 0 Å². The molecule has 0 unspecified atom stereocenters. The molecule has 2 aromatic rings. The Hall–Kier alpha value is -2.51. The molecule has 0 radical (unpaired) electrons. The first-order valence-electron chi connectivity index (χ1n) is 6.66. The molecule has 7 heteroatoms. The first kappa shape index (κ1) is 16.9. The Bertz CT molecular complexity index is 841. The van der Waals surface area contributed by atoms with Crippen molar-refractivity contribution in [1.29, 1.82) is 0 Å². The predicted molar refractivity (Wildman–Crippen MR) is 85.0 cm³/mol. The van der Waals surface area contributed by atoms with Gasteiger partial charge in [0, 0.05) is 16.8 Å². The number of carbonyl (C=O) groups excluding carboxylic acids is 2. The number of anilines is 1. The van der Waals surface area contributed by atoms with Gasteiger partial charge in [-0.15, -0.1) is 0 Å². The fourth-order valence-electron chi connectivity index (χ4n) is 1.88. The van der Waals surface area contributed by atoms with E-state index in [9.17, 15) is 18.0 Å². The lowest BCUT2D eigenvalue weighted by Gasteiger charge is -2.07. The number of hydrogen-bond acceptors (Lipinski definition) is 5. The van der Waals surface area contributed by atoms with E-state index in [1.165, 1.54) is 37.3 Å². The van der Waals surface area contributed by atoms with Gasteiger partial charge in [-0.2, -0.15) is 8.42 Å². The van der Waals surface area contributed by atoms with Crippen LogP contribution in [0.15, 0.2) is 53.4 Å². The number of amides is 1. The van der Waals surface area contributed by atoms with Crippen LogP contribution in [-0.4, -0.2) is 27.2 Å². The second-order valence-electron chi connectivity index (χ2n) is 4.74. The molecule has 0 saturated carbocycles. The first-order chi connectivity index (χ1) is 10.8. The molecule has 2 rings (SSSR count). The number of carbonyl (C=O) groups is 2. The van der Waals surface area contributed by atoms with E-state index in [0.717, 1.165) is 7.11 Å². The molecule has 0 atom stereocenters. The van der Waals surface area contributed by atoms with Crippen LogP contribution in [0.5, 0.6) is 0 Å². The fraction of sp³-hybridized carbons (Fsp3) is 0.125. The molecule has 0 heterocycles. The highest BCUT2D eigenvalue weighted by molar-refractivity contribution is 7.86. The molecule has 0 aliphatic rings. The van der Waals surface area contributed by atoms with Crippen LogP contribution in [0.3, 0.4) is 0 Å². The minimum absolute atomic E-state index is 0.00317. The van der Waals surface area contributed by atoms with Crippen molar-refractivity contribution in [3.63, 3.8) is 0 Å². The van der Waals surface area contributed by atoms with Crippen LogP contribution in [0.2, 0.25) is 0 Å². The average Bonchev–Trinajstić information content (AvgIpc) is 2.55. The molecule has 2 aromatic carbocycles. The van der Waals surface area contributed by atoms with Gasteiger partial charge in [0.15, 0.2) is 5.78 Å². The highest BCUT2D eigenvalue weighted by Gasteiger charge is 2.13. The van der Waals surface area contributed by atoms with Crippen LogP contribution in [0.4, 0.5) is 5.69 Å². The summed E-state index contributed by atoms with van der Waals surface area (Å²) in [5, 5.41) is 2.64. The lowest BCUT2D eigenvalue weighted by molar-refractivity contribution is 0.101. The predicted octanol–water partition coefficient (Wildman–Crippen LogP) is 2.48. The van der Waals surface area contributed by atoms with E-state index in [1.54, 1.807) is 18.2 Å². The van der Waals surface area contributed by atoms with Gasteiger partial charge in [0.05, 0.1) is 12.0 Å². The quantitative estimate of drug-likeness (QED) is 0.670. The minimum Gasteiger partial charge on any atom is -0.322 e. The highest BCUT2D eigenvalue weighted by atomic mass is 32.2. The van der Waals surface area contributed by atoms with Gasteiger partial charge in [0.2, 0.25) is 0 Å². The van der Waals surface area contributed by atoms with Crippen molar-refractivity contribution in [2.45, 2.75) is 11.8 Å². The Morgan fingerprint density at radius 2 is 1.61 bits per heavy atom. The molecule has 0 aliphatic carbocycles. The van der Waals surface area contributed by atoms with Crippen molar-refractivity contribution in [2.24, 2.45) is 0 Å². The molecule has 6 nitrogen and oxygen atoms in total. The zero-order valence-electron chi connectivity index (χ0n) is 12.6. The smallest absolute Gasteiger partial charge is 0.296 e. The highest BCUT2D eigenvalue weighted by Crippen LogP contribution is 2.16. The van der Waals surface area contributed by atoms with Crippen molar-refractivity contribution >= 4 is 27.5 Å². The minimum atomic E-state index is -3.76. The Balaban J connectivity index is 2.18. The first-order valence-corrected chi connectivity index (χ1v) is 8.07. The van der Waals surface area contributed by atoms with Gasteiger partial charge < -0.3 is 5.32 Å². The van der Waals surface area contributed by atoms with Crippen molar-refractivity contribution in [3.05, 3.63) is 59.7 Å². The van der Waals surface area contributed by atoms with Gasteiger partial charge in [-0.3, -0.25) is 13.8 Å². The summed E-state index contributed by atoms with van der Waals surface area (Å²) < 4.78 is 27.4. The third-order valence-electron chi connectivity index (χ3n) is 3.15. The summed E-state index contributed by atoms with van der Waals surface area (Å²) in [6.45, 7) is 1.42. The zero-order valence-corrected chi connectivity index (χ0v) is 13.4. The number of Topliss-reactive ketones (excluding diaryl/α,β-unsaturated/α-hetero) is 1. The molecule has 120 valence electrons. The van der Waals surface area contributed by atoms with E-state index in [1.807, 2.05) is 0 Å². The van der Waals surface area contributed by atoms with E-state index in [-0.39, 0.29) is 10.7 Å². The fourth-order valence-corrected chi connectivity index (χ4v) is 2.55. The van der Waals surface area contributed by atoms with Crippen LogP contribution in [0.25, 0.3) is 0 Å². The van der Waals surface area contributed by atoms with Gasteiger partial charge in [-0.05, 0) is 43.3 Å². The van der Waals surface area contributed by atoms with Gasteiger partial charge in [0.1, 0.15) is 0 Å². The zero-order chi connectivity index (χ0) is 17.0. The SMILES string of the molecule is COS(=O)(=O)c1ccc(NC(=O)c2cccc(C(C)=O)c2)cc1. The maximum atomic E-state index is 12.2. The summed E-state index contributed by atoms with van der Waals surface area (Å²) >= 11 is 0. The number of ketones is 1. The maximum Gasteiger partial charge on any atom is 0.296 e. The van der Waals surface area contributed by atoms with Crippen molar-refractivity contribution < 1.29 is 22.2 Å². The number of nitrogens with one attached hydrogen (secondary N) is 1. The topological polar surface area (TPSA) is 89.5 Å². The van der Waals surface area contributed by atoms with Gasteiger partial charge in [0.25, 0.3) is 16.0 Å². The van der Waals surface area contributed by atoms with Crippen LogP contribution in [0.1, 0.15) is 27.6 Å². The normalized spacial score (nSPS) is 11.0. The number of rotatable bonds is 5. The van der Waals surface area contributed by atoms with Crippen molar-refractivity contribution in [3.8, 4) is 0 Å². The van der Waals surface area contributed by atoms with E-state index >= 15 is 0 Å². The van der Waals surface area contributed by atoms with Crippen LogP contribution >= 0.6 is 0 Å². The van der Waals surface area contributed by atoms with E-state index in [2.05, 4.69) is 9.50 Å². The second-order valence-corrected chi connectivity index (χ2v) is 6.45. The molecule has 0 saturated heterocycles. The molecule has 0 aromatic heterocycles. The Morgan fingerprint density at radius 3 is 2.17 bits per heavy atom. The lowest BCUT2D eigenvalue weighted by atomic mass is 10.1. The second kappa shape index (κ2) is 6.72. The molecule has 0 spiro atoms. The van der Waals surface area contributed by atoms with Gasteiger partial charge >= 0.3 is 0 Å². The van der Waals surface area contributed by atoms with Crippen molar-refractivity contribution in [2.75, 3.05) is 12.4 Å². The lowest BCUT2D eigenvalue weighted by Crippen LogP contribution is -2.12. The van der Waals surface area contributed by atoms with Gasteiger partial charge in [-0.25, -0.2) is 0 Å². The molecule has 23 heavy (non-hydrogen) atoms. The molecule has 1 N–H and O–H groups in total. The molecule has 0 aliphatic heterocycles. The third-order valence-corrected chi connectivity index (χ3v) is 4.44. The van der Waals surface area contributed by atoms with Crippen LogP contribution in [-0.2, 0) is 14.3 Å². The largest absolute Gasteiger partial charge is 0.322 e. The summed E-state index contributed by atoms with van der Waals surface area (Å²) in [7, 11) is -2.68. The number of hydrogen-bond donors (Lipinski definition) is 1. The Morgan fingerprint density at radius 1 is 1.00 bits per heavy atom. The van der Waals surface area contributed by atoms with Gasteiger partial charge in [-0.1, -0.05) is 12.1 Å². The maximum absolute atomic E-state index is 12.2. The van der Waals surface area contributed by atoms with E-state index in [0.29, 0.717) is 16.8 Å². The molecule has 0 fully saturated rings. The van der Waals surface area contributed by atoms with E-state index in [4.69, 9.17) is 0 Å². The molecular weight excluding hydrogens is 318 g/mol. The number of benzene rings is 2. The summed E-state index contributed by atoms with van der Waals surface area (Å²) in [4.78, 5) is 23.5. The summed E-state index contributed by atoms with van der Waals surface area (Å²) in [5.74, 6) is -0.524. The third kappa shape index (κ3) is 4.02. The average molecular weight is 333 g/mol. The molecular formula is C16H15NO5S. The summed E-state index contributed by atoms with van der Waals surface area (Å²) in [6.07, 6.45) is 0. The van der Waals surface area contributed by atoms with Crippen molar-refractivity contribution in [1.82, 2.24) is 0 Å². The standard InChI is InChI=1S/C16H15NO5S/c1-11(18)12-4-3-5-13(10-12)16(19)17-14-6-8-15(9-7-14)23(20,21)22-2/h3-10H,1-2H3,(H,17,19). The summed E-state index contributed by atoms with van der Waals surface area (Å²) in [6, 6.07) is 11.9. The monoisotopic (exact) mass is 333 g/mol. The molecule has 0 bridgehead atoms. The molecule has 1 amide bonds. The summed E-state index contributed by atoms with van der Waals surface area (Å²) in [5.41, 5.74) is 1.21. The van der Waals surface area contributed by atoms with Crippen LogP contribution < -0.4 is 5.32 Å².